The highest BCUT2D eigenvalue weighted by Crippen LogP contribution is 2.30. The zero-order valence-electron chi connectivity index (χ0n) is 11.3. The van der Waals surface area contributed by atoms with E-state index in [1.165, 1.54) is 12.3 Å². The summed E-state index contributed by atoms with van der Waals surface area (Å²) in [4.78, 5) is 27.2. The number of rotatable bonds is 4. The van der Waals surface area contributed by atoms with Gasteiger partial charge in [0.1, 0.15) is 5.69 Å². The van der Waals surface area contributed by atoms with Gasteiger partial charge in [-0.05, 0) is 39.8 Å². The molecule has 1 aromatic heterocycles. The summed E-state index contributed by atoms with van der Waals surface area (Å²) < 4.78 is 0. The molecule has 0 aliphatic rings. The Morgan fingerprint density at radius 3 is 2.26 bits per heavy atom. The topological polar surface area (TPSA) is 79.3 Å². The molecular formula is C13H17ClN2O3. The Labute approximate surface area is 117 Å². The first-order valence-electron chi connectivity index (χ1n) is 5.75. The van der Waals surface area contributed by atoms with E-state index in [0.29, 0.717) is 5.02 Å². The fourth-order valence-corrected chi connectivity index (χ4v) is 1.39. The summed E-state index contributed by atoms with van der Waals surface area (Å²) in [6, 6.07) is 3.04. The van der Waals surface area contributed by atoms with E-state index in [4.69, 9.17) is 11.6 Å². The summed E-state index contributed by atoms with van der Waals surface area (Å²) in [5.74, 6) is -1.42. The van der Waals surface area contributed by atoms with Crippen molar-refractivity contribution in [2.75, 3.05) is 0 Å². The van der Waals surface area contributed by atoms with Crippen LogP contribution in [0.5, 0.6) is 0 Å². The molecule has 2 N–H and O–H groups in total. The van der Waals surface area contributed by atoms with Crippen LogP contribution in [0.25, 0.3) is 0 Å². The zero-order valence-corrected chi connectivity index (χ0v) is 12.1. The number of aromatic nitrogens is 1. The lowest BCUT2D eigenvalue weighted by Crippen LogP contribution is -2.57. The fraction of sp³-hybridized carbons (Fsp3) is 0.462. The minimum atomic E-state index is -1.12. The highest BCUT2D eigenvalue weighted by Gasteiger charge is 2.44. The lowest BCUT2D eigenvalue weighted by molar-refractivity contribution is -0.150. The maximum atomic E-state index is 12.0. The van der Waals surface area contributed by atoms with Crippen molar-refractivity contribution in [2.24, 2.45) is 5.41 Å². The van der Waals surface area contributed by atoms with Gasteiger partial charge in [0.15, 0.2) is 0 Å². The Kier molecular flexibility index (Phi) is 4.20. The predicted molar refractivity (Wildman–Crippen MR) is 72.2 cm³/mol. The molecule has 0 atom stereocenters. The van der Waals surface area contributed by atoms with Crippen LogP contribution in [0.4, 0.5) is 0 Å². The van der Waals surface area contributed by atoms with Gasteiger partial charge in [-0.15, -0.1) is 0 Å². The van der Waals surface area contributed by atoms with Gasteiger partial charge < -0.3 is 10.4 Å². The average Bonchev–Trinajstić information content (AvgIpc) is 2.28. The molecule has 0 aliphatic carbocycles. The van der Waals surface area contributed by atoms with Gasteiger partial charge in [0.05, 0.1) is 16.0 Å². The van der Waals surface area contributed by atoms with Gasteiger partial charge in [0.2, 0.25) is 0 Å². The van der Waals surface area contributed by atoms with Gasteiger partial charge in [0, 0.05) is 6.20 Å². The van der Waals surface area contributed by atoms with Crippen LogP contribution in [-0.4, -0.2) is 27.5 Å². The normalized spacial score (nSPS) is 12.1. The van der Waals surface area contributed by atoms with Crippen molar-refractivity contribution in [1.82, 2.24) is 10.3 Å². The van der Waals surface area contributed by atoms with Crippen LogP contribution in [-0.2, 0) is 4.79 Å². The van der Waals surface area contributed by atoms with E-state index in [1.807, 2.05) is 0 Å². The number of aliphatic carboxylic acids is 1. The number of amides is 1. The maximum absolute atomic E-state index is 12.0. The summed E-state index contributed by atoms with van der Waals surface area (Å²) in [5, 5.41) is 12.3. The smallest absolute Gasteiger partial charge is 0.311 e. The van der Waals surface area contributed by atoms with Crippen LogP contribution in [0.2, 0.25) is 5.02 Å². The standard InChI is InChI=1S/C13H17ClN2O3/c1-12(2,11(18)19)13(3,4)16-10(17)9-6-5-8(14)7-15-9/h5-7H,1-4H3,(H,16,17)(H,18,19). The number of hydrogen-bond acceptors (Lipinski definition) is 3. The highest BCUT2D eigenvalue weighted by molar-refractivity contribution is 6.30. The SMILES string of the molecule is CC(C)(NC(=O)c1ccc(Cl)cn1)C(C)(C)C(=O)O. The van der Waals surface area contributed by atoms with Gasteiger partial charge in [-0.25, -0.2) is 4.98 Å². The zero-order chi connectivity index (χ0) is 14.8. The lowest BCUT2D eigenvalue weighted by Gasteiger charge is -2.38. The second-order valence-corrected chi connectivity index (χ2v) is 5.81. The van der Waals surface area contributed by atoms with Gasteiger partial charge >= 0.3 is 5.97 Å². The molecule has 0 saturated heterocycles. The monoisotopic (exact) mass is 284 g/mol. The van der Waals surface area contributed by atoms with E-state index in [0.717, 1.165) is 0 Å². The van der Waals surface area contributed by atoms with Crippen LogP contribution in [0.1, 0.15) is 38.2 Å². The van der Waals surface area contributed by atoms with Gasteiger partial charge in [0.25, 0.3) is 5.91 Å². The van der Waals surface area contributed by atoms with Gasteiger partial charge in [-0.3, -0.25) is 9.59 Å². The van der Waals surface area contributed by atoms with Crippen LogP contribution >= 0.6 is 11.6 Å². The van der Waals surface area contributed by atoms with Crippen LogP contribution < -0.4 is 5.32 Å². The van der Waals surface area contributed by atoms with E-state index >= 15 is 0 Å². The van der Waals surface area contributed by atoms with E-state index < -0.39 is 22.8 Å². The molecule has 104 valence electrons. The molecule has 0 spiro atoms. The Balaban J connectivity index is 2.92. The van der Waals surface area contributed by atoms with Crippen molar-refractivity contribution in [2.45, 2.75) is 33.2 Å². The lowest BCUT2D eigenvalue weighted by atomic mass is 9.74. The highest BCUT2D eigenvalue weighted by atomic mass is 35.5. The first-order chi connectivity index (χ1) is 8.58. The summed E-state index contributed by atoms with van der Waals surface area (Å²) in [6.45, 7) is 6.44. The molecule has 0 aromatic carbocycles. The molecule has 0 saturated carbocycles. The molecule has 1 rings (SSSR count). The number of carbonyl (C=O) groups excluding carboxylic acids is 1. The summed E-state index contributed by atoms with van der Waals surface area (Å²) in [5.41, 5.74) is -1.86. The third kappa shape index (κ3) is 3.23. The largest absolute Gasteiger partial charge is 0.481 e. The Bertz CT molecular complexity index is 495. The summed E-state index contributed by atoms with van der Waals surface area (Å²) in [6.07, 6.45) is 1.37. The average molecular weight is 285 g/mol. The number of nitrogens with zero attached hydrogens (tertiary/aromatic N) is 1. The number of nitrogens with one attached hydrogen (secondary N) is 1. The molecule has 1 heterocycles. The van der Waals surface area contributed by atoms with Crippen LogP contribution in [0.3, 0.4) is 0 Å². The quantitative estimate of drug-likeness (QED) is 0.889. The van der Waals surface area contributed by atoms with Crippen molar-refractivity contribution in [1.29, 1.82) is 0 Å². The van der Waals surface area contributed by atoms with Gasteiger partial charge in [-0.2, -0.15) is 0 Å². The van der Waals surface area contributed by atoms with Gasteiger partial charge in [-0.1, -0.05) is 11.6 Å². The minimum absolute atomic E-state index is 0.193. The first-order valence-corrected chi connectivity index (χ1v) is 6.13. The number of hydrogen-bond donors (Lipinski definition) is 2. The van der Waals surface area contributed by atoms with Crippen molar-refractivity contribution < 1.29 is 14.7 Å². The van der Waals surface area contributed by atoms with Crippen molar-refractivity contribution in [3.63, 3.8) is 0 Å². The number of carboxylic acids is 1. The number of carbonyl (C=O) groups is 2. The fourth-order valence-electron chi connectivity index (χ4n) is 1.28. The third-order valence-corrected chi connectivity index (χ3v) is 3.71. The second-order valence-electron chi connectivity index (χ2n) is 5.37. The van der Waals surface area contributed by atoms with Crippen LogP contribution in [0, 0.1) is 5.41 Å². The number of halogens is 1. The Morgan fingerprint density at radius 2 is 1.84 bits per heavy atom. The molecule has 0 radical (unpaired) electrons. The molecule has 0 fully saturated rings. The maximum Gasteiger partial charge on any atom is 0.311 e. The minimum Gasteiger partial charge on any atom is -0.481 e. The first kappa shape index (κ1) is 15.4. The molecule has 0 unspecified atom stereocenters. The molecule has 5 nitrogen and oxygen atoms in total. The molecule has 0 bridgehead atoms. The predicted octanol–water partition coefficient (Wildman–Crippen LogP) is 2.35. The Hall–Kier alpha value is -1.62. The molecule has 1 amide bonds. The molecule has 0 aliphatic heterocycles. The Morgan fingerprint density at radius 1 is 1.26 bits per heavy atom. The summed E-state index contributed by atoms with van der Waals surface area (Å²) in [7, 11) is 0. The molecule has 19 heavy (non-hydrogen) atoms. The van der Waals surface area contributed by atoms with Crippen molar-refractivity contribution >= 4 is 23.5 Å². The van der Waals surface area contributed by atoms with Crippen molar-refractivity contribution in [3.05, 3.63) is 29.0 Å². The number of carboxylic acid groups (broad SMARTS) is 1. The van der Waals surface area contributed by atoms with E-state index in [2.05, 4.69) is 10.3 Å². The summed E-state index contributed by atoms with van der Waals surface area (Å²) >= 11 is 5.69. The van der Waals surface area contributed by atoms with E-state index in [1.54, 1.807) is 33.8 Å². The molecular weight excluding hydrogens is 268 g/mol. The van der Waals surface area contributed by atoms with Crippen LogP contribution in [0.15, 0.2) is 18.3 Å². The molecule has 1 aromatic rings. The van der Waals surface area contributed by atoms with E-state index in [9.17, 15) is 14.7 Å². The van der Waals surface area contributed by atoms with Crippen molar-refractivity contribution in [3.8, 4) is 0 Å². The third-order valence-electron chi connectivity index (χ3n) is 3.48. The molecule has 6 heteroatoms. The number of pyridine rings is 1. The second kappa shape index (κ2) is 5.17. The van der Waals surface area contributed by atoms with E-state index in [-0.39, 0.29) is 5.69 Å².